The van der Waals surface area contributed by atoms with Crippen molar-refractivity contribution in [3.05, 3.63) is 42.0 Å². The third-order valence-corrected chi connectivity index (χ3v) is 7.53. The molecule has 0 saturated carbocycles. The Morgan fingerprint density at radius 1 is 1.35 bits per heavy atom. The van der Waals surface area contributed by atoms with Gasteiger partial charge in [0.05, 0.1) is 6.20 Å². The Balaban J connectivity index is 1.45. The van der Waals surface area contributed by atoms with Gasteiger partial charge in [-0.1, -0.05) is 11.2 Å². The fourth-order valence-electron chi connectivity index (χ4n) is 3.05. The average Bonchev–Trinajstić information content (AvgIpc) is 3.35. The van der Waals surface area contributed by atoms with Crippen LogP contribution in [0.4, 0.5) is 0 Å². The number of sulfonamides is 1. The first-order valence-electron chi connectivity index (χ1n) is 8.25. The lowest BCUT2D eigenvalue weighted by molar-refractivity contribution is 0.247. The van der Waals surface area contributed by atoms with Gasteiger partial charge in [-0.25, -0.2) is 13.4 Å². The third-order valence-electron chi connectivity index (χ3n) is 4.29. The molecule has 3 aromatic rings. The molecule has 0 spiro atoms. The summed E-state index contributed by atoms with van der Waals surface area (Å²) in [6, 6.07) is 3.40. The fraction of sp³-hybridized carbons (Fsp3) is 0.375. The van der Waals surface area contributed by atoms with Crippen molar-refractivity contribution in [2.75, 3.05) is 13.1 Å². The zero-order valence-electron chi connectivity index (χ0n) is 13.9. The van der Waals surface area contributed by atoms with E-state index in [-0.39, 0.29) is 5.92 Å². The largest absolute Gasteiger partial charge is 0.339 e. The van der Waals surface area contributed by atoms with Crippen molar-refractivity contribution >= 4 is 21.4 Å². The van der Waals surface area contributed by atoms with Gasteiger partial charge in [0.15, 0.2) is 0 Å². The van der Waals surface area contributed by atoms with E-state index in [0.717, 1.165) is 12.8 Å². The normalized spacial score (nSPS) is 18.8. The lowest BCUT2D eigenvalue weighted by Crippen LogP contribution is -2.40. The number of nitrogens with zero attached hydrogens (tertiary/aromatic N) is 5. The highest BCUT2D eigenvalue weighted by molar-refractivity contribution is 7.91. The number of piperidine rings is 1. The van der Waals surface area contributed by atoms with Gasteiger partial charge in [-0.05, 0) is 30.2 Å². The molecule has 3 aromatic heterocycles. The number of rotatable bonds is 5. The number of hydrogen-bond donors (Lipinski definition) is 0. The molecule has 10 heteroatoms. The summed E-state index contributed by atoms with van der Waals surface area (Å²) in [6.45, 7) is 1.01. The lowest BCUT2D eigenvalue weighted by Gasteiger charge is -2.30. The average molecular weight is 391 g/mol. The molecule has 0 amide bonds. The van der Waals surface area contributed by atoms with Gasteiger partial charge in [0.2, 0.25) is 11.7 Å². The Kier molecular flexibility index (Phi) is 4.79. The maximum Gasteiger partial charge on any atom is 0.252 e. The van der Waals surface area contributed by atoms with E-state index < -0.39 is 10.0 Å². The van der Waals surface area contributed by atoms with Crippen molar-refractivity contribution < 1.29 is 12.9 Å². The Morgan fingerprint density at radius 3 is 3.04 bits per heavy atom. The summed E-state index contributed by atoms with van der Waals surface area (Å²) in [7, 11) is -3.41. The molecule has 1 atom stereocenters. The summed E-state index contributed by atoms with van der Waals surface area (Å²) in [6.07, 6.45) is 7.02. The van der Waals surface area contributed by atoms with Crippen molar-refractivity contribution in [1.82, 2.24) is 24.4 Å². The van der Waals surface area contributed by atoms with E-state index in [1.54, 1.807) is 40.4 Å². The Labute approximate surface area is 155 Å². The molecule has 8 nitrogen and oxygen atoms in total. The van der Waals surface area contributed by atoms with Crippen LogP contribution < -0.4 is 0 Å². The molecule has 4 rings (SSSR count). The maximum absolute atomic E-state index is 12.7. The quantitative estimate of drug-likeness (QED) is 0.657. The zero-order valence-corrected chi connectivity index (χ0v) is 15.5. The van der Waals surface area contributed by atoms with Crippen molar-refractivity contribution in [3.8, 4) is 11.5 Å². The molecule has 0 N–H and O–H groups in total. The van der Waals surface area contributed by atoms with E-state index >= 15 is 0 Å². The van der Waals surface area contributed by atoms with E-state index in [2.05, 4.69) is 20.1 Å². The van der Waals surface area contributed by atoms with Gasteiger partial charge in [0.25, 0.3) is 10.0 Å². The molecule has 1 saturated heterocycles. The predicted molar refractivity (Wildman–Crippen MR) is 94.8 cm³/mol. The Bertz CT molecular complexity index is 957. The second kappa shape index (κ2) is 7.22. The van der Waals surface area contributed by atoms with Crippen LogP contribution in [0.1, 0.15) is 18.7 Å². The minimum Gasteiger partial charge on any atom is -0.339 e. The summed E-state index contributed by atoms with van der Waals surface area (Å²) >= 11 is 1.25. The molecule has 1 aliphatic rings. The number of thiophene rings is 1. The van der Waals surface area contributed by atoms with E-state index in [4.69, 9.17) is 4.52 Å². The summed E-state index contributed by atoms with van der Waals surface area (Å²) < 4.78 is 32.7. The van der Waals surface area contributed by atoms with Gasteiger partial charge in [0.1, 0.15) is 9.90 Å². The maximum atomic E-state index is 12.7. The van der Waals surface area contributed by atoms with Gasteiger partial charge >= 0.3 is 0 Å². The predicted octanol–water partition coefficient (Wildman–Crippen LogP) is 2.23. The van der Waals surface area contributed by atoms with Crippen LogP contribution in [0.25, 0.3) is 11.5 Å². The van der Waals surface area contributed by atoms with Gasteiger partial charge in [-0.2, -0.15) is 9.29 Å². The molecule has 0 bridgehead atoms. The molecule has 1 aliphatic heterocycles. The van der Waals surface area contributed by atoms with E-state index in [1.807, 2.05) is 0 Å². The summed E-state index contributed by atoms with van der Waals surface area (Å²) in [5.41, 5.74) is 0.549. The molecule has 0 aliphatic carbocycles. The minimum atomic E-state index is -3.41. The van der Waals surface area contributed by atoms with Gasteiger partial charge < -0.3 is 4.52 Å². The van der Waals surface area contributed by atoms with Crippen molar-refractivity contribution in [2.24, 2.45) is 5.92 Å². The first kappa shape index (κ1) is 17.3. The van der Waals surface area contributed by atoms with Gasteiger partial charge in [0, 0.05) is 31.9 Å². The molecule has 0 aromatic carbocycles. The topological polar surface area (TPSA) is 102 Å². The molecular weight excluding hydrogens is 374 g/mol. The van der Waals surface area contributed by atoms with Crippen LogP contribution in [0.3, 0.4) is 0 Å². The van der Waals surface area contributed by atoms with E-state index in [1.165, 1.54) is 11.3 Å². The summed E-state index contributed by atoms with van der Waals surface area (Å²) in [5, 5.41) is 5.72. The van der Waals surface area contributed by atoms with Crippen LogP contribution in [0.15, 0.2) is 44.8 Å². The number of hydrogen-bond acceptors (Lipinski definition) is 8. The number of aromatic nitrogens is 4. The van der Waals surface area contributed by atoms with Crippen LogP contribution in [0.5, 0.6) is 0 Å². The lowest BCUT2D eigenvalue weighted by atomic mass is 9.96. The van der Waals surface area contributed by atoms with Crippen LogP contribution in [0, 0.1) is 5.92 Å². The molecule has 0 radical (unpaired) electrons. The van der Waals surface area contributed by atoms with E-state index in [9.17, 15) is 8.42 Å². The SMILES string of the molecule is O=S(=O)(c1cccs1)N1CCC[C@H](Cc2nc(-c3cnccn3)no2)C1. The fourth-order valence-corrected chi connectivity index (χ4v) is 5.75. The van der Waals surface area contributed by atoms with Crippen LogP contribution in [-0.2, 0) is 16.4 Å². The summed E-state index contributed by atoms with van der Waals surface area (Å²) in [4.78, 5) is 12.5. The molecular formula is C16H17N5O3S2. The second-order valence-corrected chi connectivity index (χ2v) is 9.22. The molecule has 0 unspecified atom stereocenters. The first-order chi connectivity index (χ1) is 12.6. The third kappa shape index (κ3) is 3.53. The molecule has 4 heterocycles. The van der Waals surface area contributed by atoms with Crippen LogP contribution in [0.2, 0.25) is 0 Å². The standard InChI is InChI=1S/C16H17N5O3S2/c22-26(23,15-4-2-8-25-15)21-7-1-3-12(11-21)9-14-19-16(20-24-14)13-10-17-5-6-18-13/h2,4-6,8,10,12H,1,3,7,9,11H2/t12-/m1/s1. The molecule has 136 valence electrons. The highest BCUT2D eigenvalue weighted by Gasteiger charge is 2.31. The first-order valence-corrected chi connectivity index (χ1v) is 10.6. The Morgan fingerprint density at radius 2 is 2.27 bits per heavy atom. The summed E-state index contributed by atoms with van der Waals surface area (Å²) in [5.74, 6) is 1.03. The van der Waals surface area contributed by atoms with Crippen molar-refractivity contribution in [2.45, 2.75) is 23.5 Å². The van der Waals surface area contributed by atoms with Crippen LogP contribution in [-0.4, -0.2) is 45.9 Å². The van der Waals surface area contributed by atoms with Gasteiger partial charge in [-0.15, -0.1) is 11.3 Å². The molecule has 1 fully saturated rings. The van der Waals surface area contributed by atoms with Crippen LogP contribution >= 0.6 is 11.3 Å². The highest BCUT2D eigenvalue weighted by atomic mass is 32.2. The van der Waals surface area contributed by atoms with Gasteiger partial charge in [-0.3, -0.25) is 4.98 Å². The van der Waals surface area contributed by atoms with E-state index in [0.29, 0.717) is 41.1 Å². The smallest absolute Gasteiger partial charge is 0.252 e. The molecule has 26 heavy (non-hydrogen) atoms. The monoisotopic (exact) mass is 391 g/mol. The highest BCUT2D eigenvalue weighted by Crippen LogP contribution is 2.28. The zero-order chi connectivity index (χ0) is 18.0. The minimum absolute atomic E-state index is 0.147. The second-order valence-electron chi connectivity index (χ2n) is 6.11. The van der Waals surface area contributed by atoms with Crippen molar-refractivity contribution in [1.29, 1.82) is 0 Å². The Hall–Kier alpha value is -2.17. The van der Waals surface area contributed by atoms with Crippen molar-refractivity contribution in [3.63, 3.8) is 0 Å².